The molecule has 11 aromatic carbocycles. The van der Waals surface area contributed by atoms with E-state index < -0.39 is 0 Å². The van der Waals surface area contributed by atoms with Gasteiger partial charge in [-0.3, -0.25) is 0 Å². The molecule has 402 valence electrons. The van der Waals surface area contributed by atoms with Crippen LogP contribution in [0.15, 0.2) is 279 Å². The summed E-state index contributed by atoms with van der Waals surface area (Å²) in [5.74, 6) is 1.83. The molecular formula is C76H55N5OPt-2. The first-order valence-corrected chi connectivity index (χ1v) is 29.1. The number of benzene rings is 11. The predicted molar refractivity (Wildman–Crippen MR) is 337 cm³/mol. The molecule has 83 heavy (non-hydrogen) atoms. The van der Waals surface area contributed by atoms with Gasteiger partial charge in [-0.15, -0.1) is 0 Å². The van der Waals surface area contributed by atoms with Gasteiger partial charge in [-0.2, -0.15) is 0 Å². The van der Waals surface area contributed by atoms with Crippen LogP contribution in [0.3, 0.4) is 0 Å². The van der Waals surface area contributed by atoms with E-state index in [1.165, 1.54) is 0 Å². The van der Waals surface area contributed by atoms with Crippen molar-refractivity contribution in [1.82, 2.24) is 14.1 Å². The van der Waals surface area contributed by atoms with E-state index in [2.05, 4.69) is 326 Å². The summed E-state index contributed by atoms with van der Waals surface area (Å²) in [7, 11) is 0. The van der Waals surface area contributed by atoms with Crippen molar-refractivity contribution in [1.29, 1.82) is 0 Å². The van der Waals surface area contributed by atoms with E-state index in [1.54, 1.807) is 0 Å². The maximum atomic E-state index is 7.10. The molecule has 0 aliphatic carbocycles. The van der Waals surface area contributed by atoms with Crippen LogP contribution in [0.2, 0.25) is 0 Å². The van der Waals surface area contributed by atoms with E-state index in [4.69, 9.17) is 9.72 Å². The van der Waals surface area contributed by atoms with Gasteiger partial charge in [0.1, 0.15) is 0 Å². The molecule has 0 saturated heterocycles. The Morgan fingerprint density at radius 1 is 0.398 bits per heavy atom. The topological polar surface area (TPSA) is 38.5 Å². The van der Waals surface area contributed by atoms with Crippen molar-refractivity contribution in [2.24, 2.45) is 0 Å². The summed E-state index contributed by atoms with van der Waals surface area (Å²) in [6.07, 6.45) is 1.94. The molecule has 0 amide bonds. The molecule has 1 aliphatic rings. The Morgan fingerprint density at radius 3 is 1.58 bits per heavy atom. The summed E-state index contributed by atoms with van der Waals surface area (Å²) in [4.78, 5) is 9.94. The molecule has 0 unspecified atom stereocenters. The molecular weight excluding hydrogens is 1190 g/mol. The molecule has 0 atom stereocenters. The predicted octanol–water partition coefficient (Wildman–Crippen LogP) is 20.2. The fourth-order valence-electron chi connectivity index (χ4n) is 11.6. The fourth-order valence-corrected chi connectivity index (χ4v) is 12.7. The zero-order chi connectivity index (χ0) is 56.0. The van der Waals surface area contributed by atoms with Gasteiger partial charge >= 0.3 is 306 Å². The first-order chi connectivity index (χ1) is 40.7. The minimum absolute atomic E-state index is 0.167. The van der Waals surface area contributed by atoms with E-state index >= 15 is 0 Å². The summed E-state index contributed by atoms with van der Waals surface area (Å²) in [5, 5.41) is 0. The molecule has 2 aromatic heterocycles. The molecule has 3 heterocycles. The minimum atomic E-state index is -0.167. The van der Waals surface area contributed by atoms with E-state index in [-0.39, 0.29) is 5.41 Å². The Bertz CT molecular complexity index is 4550. The van der Waals surface area contributed by atoms with Gasteiger partial charge in [0.25, 0.3) is 0 Å². The summed E-state index contributed by atoms with van der Waals surface area (Å²) < 4.78 is 12.8. The first kappa shape index (κ1) is 51.3. The van der Waals surface area contributed by atoms with E-state index in [0.29, 0.717) is 11.5 Å². The van der Waals surface area contributed by atoms with E-state index in [1.807, 2.05) is 24.4 Å². The van der Waals surface area contributed by atoms with Crippen LogP contribution in [-0.4, -0.2) is 14.1 Å². The third kappa shape index (κ3) is 9.51. The third-order valence-corrected chi connectivity index (χ3v) is 16.6. The number of aromatic nitrogens is 3. The zero-order valence-corrected chi connectivity index (χ0v) is 48.3. The Morgan fingerprint density at radius 2 is 0.928 bits per heavy atom. The molecule has 0 spiro atoms. The Hall–Kier alpha value is -9.87. The summed E-state index contributed by atoms with van der Waals surface area (Å²) in [6, 6.07) is 104. The van der Waals surface area contributed by atoms with Crippen LogP contribution in [-0.2, 0) is 24.8 Å². The van der Waals surface area contributed by atoms with Crippen molar-refractivity contribution in [3.8, 4) is 78.5 Å². The van der Waals surface area contributed by atoms with Gasteiger partial charge in [0, 0.05) is 17.4 Å². The van der Waals surface area contributed by atoms with Crippen LogP contribution >= 0.6 is 0 Å². The molecule has 6 nitrogen and oxygen atoms in total. The quantitative estimate of drug-likeness (QED) is 0.135. The van der Waals surface area contributed by atoms with Crippen LogP contribution in [0.4, 0.5) is 34.3 Å². The summed E-state index contributed by atoms with van der Waals surface area (Å²) >= 11 is 2.49. The number of rotatable bonds is 9. The van der Waals surface area contributed by atoms with Crippen molar-refractivity contribution < 1.29 is 24.1 Å². The summed E-state index contributed by atoms with van der Waals surface area (Å²) in [5.41, 5.74) is 20.7. The molecule has 13 aromatic rings. The Labute approximate surface area is 495 Å². The second kappa shape index (κ2) is 21.5. The normalized spacial score (nSPS) is 12.1. The van der Waals surface area contributed by atoms with Crippen LogP contribution in [0.5, 0.6) is 11.5 Å². The number of nitrogens with zero attached hydrogens (tertiary/aromatic N) is 5. The van der Waals surface area contributed by atoms with Crippen LogP contribution in [0, 0.1) is 15.9 Å². The van der Waals surface area contributed by atoms with Crippen molar-refractivity contribution in [3.63, 3.8) is 0 Å². The molecule has 0 fully saturated rings. The molecule has 14 rings (SSSR count). The third-order valence-electron chi connectivity index (χ3n) is 15.5. The molecule has 1 aliphatic heterocycles. The van der Waals surface area contributed by atoms with Crippen LogP contribution < -0.4 is 14.5 Å². The van der Waals surface area contributed by atoms with Gasteiger partial charge in [-0.25, -0.2) is 0 Å². The molecule has 0 saturated carbocycles. The van der Waals surface area contributed by atoms with Crippen molar-refractivity contribution in [3.05, 3.63) is 301 Å². The average Bonchev–Trinajstić information content (AvgIpc) is 3.84. The number of hydrogen-bond acceptors (Lipinski definition) is 4. The van der Waals surface area contributed by atoms with Gasteiger partial charge < -0.3 is 4.90 Å². The van der Waals surface area contributed by atoms with Crippen molar-refractivity contribution in [2.45, 2.75) is 26.2 Å². The number of para-hydroxylation sites is 6. The van der Waals surface area contributed by atoms with Crippen LogP contribution in [0.25, 0.3) is 78.0 Å². The number of anilines is 6. The molecule has 0 radical (unpaired) electrons. The number of pyridine rings is 1. The average molecular weight is 1250 g/mol. The second-order valence-electron chi connectivity index (χ2n) is 21.7. The zero-order valence-electron chi connectivity index (χ0n) is 46.0. The van der Waals surface area contributed by atoms with Gasteiger partial charge in [0.2, 0.25) is 0 Å². The number of ether oxygens (including phenoxy) is 1. The molecule has 0 bridgehead atoms. The van der Waals surface area contributed by atoms with Crippen LogP contribution in [0.1, 0.15) is 26.3 Å². The Kier molecular flexibility index (Phi) is 13.3. The SMILES string of the molecule is CC(C)(C)c1ccnc(N2c3[c-]c(Oc4[c-]c(-n5[c](=[Pt])n(-c6c(-c7ccccc7)cccc6-c6ccccc6)c6ccccc65)ccc4)ccc3-c3ccccc3N(c3ccccc3)c3ccccc3-c3cc(-c4ccccc4)ccc32)c1. The second-order valence-corrected chi connectivity index (χ2v) is 22.7. The first-order valence-electron chi connectivity index (χ1n) is 27.9. The molecule has 0 N–H and O–H groups in total. The molecule has 7 heteroatoms. The monoisotopic (exact) mass is 1250 g/mol. The van der Waals surface area contributed by atoms with Gasteiger partial charge in [-0.1, -0.05) is 106 Å². The Balaban J connectivity index is 0.974. The number of imidazole rings is 1. The fraction of sp³-hybridized carbons (Fsp3) is 0.0526. The van der Waals surface area contributed by atoms with Crippen molar-refractivity contribution in [2.75, 3.05) is 9.80 Å². The number of hydrogen-bond donors (Lipinski definition) is 0. The number of fused-ring (bicyclic) bond motifs is 7. The van der Waals surface area contributed by atoms with E-state index in [0.717, 1.165) is 122 Å². The van der Waals surface area contributed by atoms with Gasteiger partial charge in [-0.05, 0) is 58.5 Å². The standard InChI is InChI=1S/C76H55N5O.Pt/c1-76(2,3)57-46-47-77-74(49-57)81-70-45-42-56(53-24-8-4-9-25-53)48-67(70)65-35-17-19-39-69(65)80(58-30-14-7-15-31-58)68-38-18-16-34-64(68)66-44-43-61(51-73(66)81)82-60-33-22-32-59(50-60)78-52-79(72-41-21-20-40-71(72)78)75-62(54-26-10-5-11-27-54)36-23-37-63(75)55-28-12-6-13-29-55;/h4-49H,1-3H3;/q-2;. The van der Waals surface area contributed by atoms with Gasteiger partial charge in [0.05, 0.1) is 5.69 Å². The van der Waals surface area contributed by atoms with E-state index in [9.17, 15) is 0 Å². The summed E-state index contributed by atoms with van der Waals surface area (Å²) in [6.45, 7) is 6.75. The van der Waals surface area contributed by atoms with Gasteiger partial charge in [0.15, 0.2) is 0 Å². The maximum absolute atomic E-state index is 7.10. The van der Waals surface area contributed by atoms with Crippen molar-refractivity contribution >= 4 is 45.3 Å².